The second-order valence-corrected chi connectivity index (χ2v) is 3.35. The molecule has 1 aromatic carbocycles. The number of benzene rings is 1. The lowest BCUT2D eigenvalue weighted by atomic mass is 10.1. The summed E-state index contributed by atoms with van der Waals surface area (Å²) in [4.78, 5) is 10.5. The SMILES string of the molecule is C/C=C/CCc1cc(F)c(C(=O)O)c(F)c1. The maximum atomic E-state index is 13.2. The van der Waals surface area contributed by atoms with Crippen LogP contribution in [-0.2, 0) is 6.42 Å². The molecular weight excluding hydrogens is 214 g/mol. The molecule has 0 radical (unpaired) electrons. The Kier molecular flexibility index (Phi) is 4.17. The smallest absolute Gasteiger partial charge is 0.341 e. The van der Waals surface area contributed by atoms with Crippen LogP contribution in [0.3, 0.4) is 0 Å². The molecule has 0 saturated heterocycles. The molecule has 0 bridgehead atoms. The predicted molar refractivity (Wildman–Crippen MR) is 56.5 cm³/mol. The van der Waals surface area contributed by atoms with Crippen molar-refractivity contribution < 1.29 is 18.7 Å². The molecule has 0 saturated carbocycles. The van der Waals surface area contributed by atoms with E-state index >= 15 is 0 Å². The van der Waals surface area contributed by atoms with Crippen LogP contribution in [0.15, 0.2) is 24.3 Å². The monoisotopic (exact) mass is 226 g/mol. The number of allylic oxidation sites excluding steroid dienone is 2. The molecule has 86 valence electrons. The van der Waals surface area contributed by atoms with E-state index in [9.17, 15) is 13.6 Å². The van der Waals surface area contributed by atoms with Crippen molar-refractivity contribution in [1.82, 2.24) is 0 Å². The molecule has 0 aliphatic heterocycles. The number of aromatic carboxylic acids is 1. The van der Waals surface area contributed by atoms with Gasteiger partial charge in [0, 0.05) is 0 Å². The maximum Gasteiger partial charge on any atom is 0.341 e. The van der Waals surface area contributed by atoms with Crippen LogP contribution < -0.4 is 0 Å². The first kappa shape index (κ1) is 12.4. The molecule has 0 heterocycles. The van der Waals surface area contributed by atoms with Crippen molar-refractivity contribution >= 4 is 5.97 Å². The van der Waals surface area contributed by atoms with Gasteiger partial charge in [0.1, 0.15) is 17.2 Å². The molecular formula is C12H12F2O2. The number of carbonyl (C=O) groups is 1. The van der Waals surface area contributed by atoms with Gasteiger partial charge in [0.05, 0.1) is 0 Å². The molecule has 0 unspecified atom stereocenters. The van der Waals surface area contributed by atoms with E-state index in [1.54, 1.807) is 0 Å². The molecule has 0 fully saturated rings. The molecule has 1 rings (SSSR count). The first-order valence-corrected chi connectivity index (χ1v) is 4.88. The van der Waals surface area contributed by atoms with Gasteiger partial charge in [0.2, 0.25) is 0 Å². The van der Waals surface area contributed by atoms with Crippen LogP contribution in [0.1, 0.15) is 29.3 Å². The summed E-state index contributed by atoms with van der Waals surface area (Å²) in [5, 5.41) is 8.56. The Balaban J connectivity index is 2.96. The lowest BCUT2D eigenvalue weighted by molar-refractivity contribution is 0.0686. The van der Waals surface area contributed by atoms with E-state index in [4.69, 9.17) is 5.11 Å². The van der Waals surface area contributed by atoms with E-state index in [1.165, 1.54) is 0 Å². The fourth-order valence-electron chi connectivity index (χ4n) is 1.39. The fraction of sp³-hybridized carbons (Fsp3) is 0.250. The number of carboxylic acid groups (broad SMARTS) is 1. The van der Waals surface area contributed by atoms with E-state index in [-0.39, 0.29) is 0 Å². The number of rotatable bonds is 4. The molecule has 0 aromatic heterocycles. The van der Waals surface area contributed by atoms with E-state index in [1.807, 2.05) is 19.1 Å². The standard InChI is InChI=1S/C12H12F2O2/c1-2-3-4-5-8-6-9(13)11(12(15)16)10(14)7-8/h2-3,6-7H,4-5H2,1H3,(H,15,16)/b3-2+. The van der Waals surface area contributed by atoms with Crippen LogP contribution >= 0.6 is 0 Å². The Bertz CT molecular complexity index is 402. The first-order valence-electron chi connectivity index (χ1n) is 4.88. The normalized spacial score (nSPS) is 10.9. The summed E-state index contributed by atoms with van der Waals surface area (Å²) >= 11 is 0. The minimum absolute atomic E-state index is 0.457. The summed E-state index contributed by atoms with van der Waals surface area (Å²) in [6.07, 6.45) is 4.87. The lowest BCUT2D eigenvalue weighted by Gasteiger charge is -2.03. The second kappa shape index (κ2) is 5.39. The minimum atomic E-state index is -1.59. The molecule has 0 atom stereocenters. The van der Waals surface area contributed by atoms with Gasteiger partial charge in [0.25, 0.3) is 0 Å². The van der Waals surface area contributed by atoms with Crippen molar-refractivity contribution in [3.8, 4) is 0 Å². The number of hydrogen-bond donors (Lipinski definition) is 1. The Morgan fingerprint density at radius 1 is 1.38 bits per heavy atom. The average Bonchev–Trinajstić information content (AvgIpc) is 2.16. The van der Waals surface area contributed by atoms with Gasteiger partial charge in [-0.1, -0.05) is 12.2 Å². The largest absolute Gasteiger partial charge is 0.477 e. The van der Waals surface area contributed by atoms with Crippen LogP contribution in [0.4, 0.5) is 8.78 Å². The second-order valence-electron chi connectivity index (χ2n) is 3.35. The van der Waals surface area contributed by atoms with Gasteiger partial charge in [0.15, 0.2) is 0 Å². The van der Waals surface area contributed by atoms with Crippen LogP contribution in [0.2, 0.25) is 0 Å². The van der Waals surface area contributed by atoms with Gasteiger partial charge < -0.3 is 5.11 Å². The Labute approximate surface area is 92.2 Å². The van der Waals surface area contributed by atoms with Gasteiger partial charge in [-0.3, -0.25) is 0 Å². The third-order valence-corrected chi connectivity index (χ3v) is 2.15. The van der Waals surface area contributed by atoms with Crippen LogP contribution in [-0.4, -0.2) is 11.1 Å². The summed E-state index contributed by atoms with van der Waals surface area (Å²) in [5.74, 6) is -3.64. The van der Waals surface area contributed by atoms with Crippen molar-refractivity contribution in [3.63, 3.8) is 0 Å². The highest BCUT2D eigenvalue weighted by Crippen LogP contribution is 2.16. The van der Waals surface area contributed by atoms with Crippen LogP contribution in [0.5, 0.6) is 0 Å². The molecule has 2 nitrogen and oxygen atoms in total. The summed E-state index contributed by atoms with van der Waals surface area (Å²) in [7, 11) is 0. The highest BCUT2D eigenvalue weighted by Gasteiger charge is 2.17. The van der Waals surface area contributed by atoms with Crippen molar-refractivity contribution in [2.45, 2.75) is 19.8 Å². The predicted octanol–water partition coefficient (Wildman–Crippen LogP) is 3.17. The van der Waals surface area contributed by atoms with Crippen molar-refractivity contribution in [3.05, 3.63) is 47.0 Å². The van der Waals surface area contributed by atoms with Gasteiger partial charge >= 0.3 is 5.97 Å². The van der Waals surface area contributed by atoms with E-state index in [0.717, 1.165) is 12.1 Å². The van der Waals surface area contributed by atoms with E-state index in [2.05, 4.69) is 0 Å². The number of halogens is 2. The summed E-state index contributed by atoms with van der Waals surface area (Å²) in [6, 6.07) is 2.13. The summed E-state index contributed by atoms with van der Waals surface area (Å²) < 4.78 is 26.5. The minimum Gasteiger partial charge on any atom is -0.477 e. The molecule has 16 heavy (non-hydrogen) atoms. The zero-order valence-electron chi connectivity index (χ0n) is 8.84. The van der Waals surface area contributed by atoms with Gasteiger partial charge in [-0.2, -0.15) is 0 Å². The van der Waals surface area contributed by atoms with Crippen molar-refractivity contribution in [1.29, 1.82) is 0 Å². The first-order chi connectivity index (χ1) is 7.56. The highest BCUT2D eigenvalue weighted by atomic mass is 19.1. The average molecular weight is 226 g/mol. The van der Waals surface area contributed by atoms with Crippen molar-refractivity contribution in [2.24, 2.45) is 0 Å². The molecule has 0 aliphatic rings. The third-order valence-electron chi connectivity index (χ3n) is 2.15. The third kappa shape index (κ3) is 2.89. The van der Waals surface area contributed by atoms with E-state index < -0.39 is 23.2 Å². The van der Waals surface area contributed by atoms with Crippen molar-refractivity contribution in [2.75, 3.05) is 0 Å². The molecule has 0 spiro atoms. The molecule has 1 N–H and O–H groups in total. The maximum absolute atomic E-state index is 13.2. The van der Waals surface area contributed by atoms with Gasteiger partial charge in [-0.25, -0.2) is 13.6 Å². The zero-order valence-corrected chi connectivity index (χ0v) is 8.84. The Morgan fingerprint density at radius 3 is 2.38 bits per heavy atom. The number of aryl methyl sites for hydroxylation is 1. The fourth-order valence-corrected chi connectivity index (χ4v) is 1.39. The molecule has 0 aliphatic carbocycles. The number of hydrogen-bond acceptors (Lipinski definition) is 1. The molecule has 4 heteroatoms. The van der Waals surface area contributed by atoms with Crippen LogP contribution in [0.25, 0.3) is 0 Å². The highest BCUT2D eigenvalue weighted by molar-refractivity contribution is 5.88. The Hall–Kier alpha value is -1.71. The van der Waals surface area contributed by atoms with E-state index in [0.29, 0.717) is 18.4 Å². The van der Waals surface area contributed by atoms with Gasteiger partial charge in [-0.15, -0.1) is 0 Å². The summed E-state index contributed by atoms with van der Waals surface area (Å²) in [6.45, 7) is 1.86. The zero-order chi connectivity index (χ0) is 12.1. The molecule has 1 aromatic rings. The Morgan fingerprint density at radius 2 is 1.94 bits per heavy atom. The topological polar surface area (TPSA) is 37.3 Å². The summed E-state index contributed by atoms with van der Waals surface area (Å²) in [5.41, 5.74) is -0.437. The van der Waals surface area contributed by atoms with Gasteiger partial charge in [-0.05, 0) is 37.5 Å². The van der Waals surface area contributed by atoms with Crippen LogP contribution in [0, 0.1) is 11.6 Å². The lowest BCUT2D eigenvalue weighted by Crippen LogP contribution is -2.05. The number of carboxylic acids is 1. The quantitative estimate of drug-likeness (QED) is 0.800. The molecule has 0 amide bonds.